The summed E-state index contributed by atoms with van der Waals surface area (Å²) in [6.07, 6.45) is 0. The summed E-state index contributed by atoms with van der Waals surface area (Å²) in [7, 11) is 0. The van der Waals surface area contributed by atoms with Crippen LogP contribution in [0.25, 0.3) is 44.5 Å². The van der Waals surface area contributed by atoms with E-state index in [1.165, 1.54) is 44.5 Å². The predicted octanol–water partition coefficient (Wildman–Crippen LogP) is 19.7. The van der Waals surface area contributed by atoms with Crippen molar-refractivity contribution in [3.63, 3.8) is 0 Å². The normalized spacial score (nSPS) is 10.2. The van der Waals surface area contributed by atoms with Crippen LogP contribution in [-0.4, -0.2) is 5.11 Å². The molecule has 0 atom stereocenters. The van der Waals surface area contributed by atoms with Crippen LogP contribution in [0, 0.1) is 7.43 Å². The molecule has 0 spiro atoms. The third kappa shape index (κ3) is 14.1. The van der Waals surface area contributed by atoms with Crippen LogP contribution in [0.5, 0.6) is 11.5 Å². The smallest absolute Gasteiger partial charge is 0.121 e. The van der Waals surface area contributed by atoms with Crippen molar-refractivity contribution in [1.29, 1.82) is 0 Å². The van der Waals surface area contributed by atoms with Gasteiger partial charge in [0.2, 0.25) is 0 Å². The van der Waals surface area contributed by atoms with Crippen LogP contribution in [0.2, 0.25) is 0 Å². The second-order valence-electron chi connectivity index (χ2n) is 17.1. The number of phenols is 1. The zero-order valence-corrected chi connectivity index (χ0v) is 44.1. The fraction of sp³-hybridized carbons (Fsp3) is 0.0429. The molecule has 0 bridgehead atoms. The zero-order chi connectivity index (χ0) is 50.0. The third-order valence-corrected chi connectivity index (χ3v) is 12.3. The molecule has 4 nitrogen and oxygen atoms in total. The molecule has 11 aromatic rings. The first-order valence-electron chi connectivity index (χ1n) is 24.9. The molecule has 0 aliphatic rings. The van der Waals surface area contributed by atoms with Gasteiger partial charge in [-0.25, -0.2) is 0 Å². The van der Waals surface area contributed by atoms with E-state index in [4.69, 9.17) is 4.74 Å². The van der Waals surface area contributed by atoms with Gasteiger partial charge in [-0.05, 0) is 123 Å². The van der Waals surface area contributed by atoms with Gasteiger partial charge in [-0.2, -0.15) is 0 Å². The Morgan fingerprint density at radius 1 is 0.293 bits per heavy atom. The van der Waals surface area contributed by atoms with Crippen molar-refractivity contribution in [2.75, 3.05) is 9.80 Å². The molecule has 0 aliphatic carbocycles. The molecule has 5 heteroatoms. The van der Waals surface area contributed by atoms with E-state index in [9.17, 15) is 5.11 Å². The Balaban J connectivity index is 0.000000210. The monoisotopic (exact) mass is 1070 g/mol. The van der Waals surface area contributed by atoms with E-state index in [1.54, 1.807) is 12.1 Å². The number of phenolic OH excluding ortho intramolecular Hbond substituents is 1. The fourth-order valence-corrected chi connectivity index (χ4v) is 8.71. The van der Waals surface area contributed by atoms with Crippen molar-refractivity contribution in [2.24, 2.45) is 0 Å². The van der Waals surface area contributed by atoms with Gasteiger partial charge in [0.1, 0.15) is 18.1 Å². The van der Waals surface area contributed by atoms with Gasteiger partial charge in [0, 0.05) is 66.7 Å². The summed E-state index contributed by atoms with van der Waals surface area (Å²) < 4.78 is 6.18. The number of hydrogen-bond acceptors (Lipinski definition) is 4. The van der Waals surface area contributed by atoms with Crippen LogP contribution in [0.1, 0.15) is 19.4 Å². The molecular formula is C70H61N2O2Pd-. The number of rotatable bonds is 13. The molecule has 0 aliphatic heterocycles. The van der Waals surface area contributed by atoms with Crippen LogP contribution in [0.15, 0.2) is 297 Å². The van der Waals surface area contributed by atoms with E-state index >= 15 is 0 Å². The van der Waals surface area contributed by atoms with E-state index in [2.05, 4.69) is 234 Å². The van der Waals surface area contributed by atoms with Gasteiger partial charge in [0.15, 0.2) is 0 Å². The topological polar surface area (TPSA) is 35.9 Å². The first kappa shape index (κ1) is 54.1. The Morgan fingerprint density at radius 2 is 0.573 bits per heavy atom. The molecule has 11 rings (SSSR count). The third-order valence-electron chi connectivity index (χ3n) is 12.3. The minimum Gasteiger partial charge on any atom is -0.508 e. The maximum Gasteiger partial charge on any atom is 0.121 e. The average Bonchev–Trinajstić information content (AvgIpc) is 3.47. The van der Waals surface area contributed by atoms with E-state index in [1.807, 2.05) is 74.5 Å². The average molecular weight is 1070 g/mol. The van der Waals surface area contributed by atoms with Crippen molar-refractivity contribution in [1.82, 2.24) is 0 Å². The Bertz CT molecular complexity index is 3210. The molecule has 0 unspecified atom stereocenters. The number of hydrogen-bond donors (Lipinski definition) is 1. The first-order chi connectivity index (χ1) is 36.1. The molecule has 0 saturated carbocycles. The van der Waals surface area contributed by atoms with E-state index in [0.29, 0.717) is 6.61 Å². The summed E-state index contributed by atoms with van der Waals surface area (Å²) >= 11 is 0. The zero-order valence-electron chi connectivity index (χ0n) is 42.6. The van der Waals surface area contributed by atoms with Crippen molar-refractivity contribution >= 4 is 34.1 Å². The summed E-state index contributed by atoms with van der Waals surface area (Å²) in [6, 6.07) is 102. The maximum absolute atomic E-state index is 10.1. The summed E-state index contributed by atoms with van der Waals surface area (Å²) in [5, 5.41) is 10.1. The van der Waals surface area contributed by atoms with Crippen LogP contribution >= 0.6 is 0 Å². The van der Waals surface area contributed by atoms with Gasteiger partial charge >= 0.3 is 0 Å². The van der Waals surface area contributed by atoms with Crippen molar-refractivity contribution in [3.8, 4) is 56.0 Å². The molecule has 0 heterocycles. The molecule has 0 fully saturated rings. The minimum absolute atomic E-state index is 0. The van der Waals surface area contributed by atoms with Crippen LogP contribution < -0.4 is 14.5 Å². The van der Waals surface area contributed by atoms with Gasteiger partial charge < -0.3 is 27.1 Å². The molecule has 0 amide bonds. The van der Waals surface area contributed by atoms with Crippen molar-refractivity contribution < 1.29 is 30.3 Å². The first-order valence-corrected chi connectivity index (χ1v) is 24.9. The molecule has 0 radical (unpaired) electrons. The van der Waals surface area contributed by atoms with Gasteiger partial charge in [-0.15, -0.1) is 0 Å². The van der Waals surface area contributed by atoms with Crippen LogP contribution in [-0.2, 0) is 27.0 Å². The Kier molecular flexibility index (Phi) is 19.7. The quantitative estimate of drug-likeness (QED) is 0.0922. The Labute approximate surface area is 458 Å². The molecular weight excluding hydrogens is 1010 g/mol. The van der Waals surface area contributed by atoms with Crippen LogP contribution in [0.4, 0.5) is 34.1 Å². The number of anilines is 6. The Morgan fingerprint density at radius 3 is 0.893 bits per heavy atom. The van der Waals surface area contributed by atoms with E-state index < -0.39 is 0 Å². The van der Waals surface area contributed by atoms with Gasteiger partial charge in [0.05, 0.1) is 0 Å². The largest absolute Gasteiger partial charge is 0.508 e. The number of nitrogens with zero attached hydrogens (tertiary/aromatic N) is 2. The molecule has 0 aromatic heterocycles. The second-order valence-corrected chi connectivity index (χ2v) is 17.1. The van der Waals surface area contributed by atoms with E-state index in [0.717, 1.165) is 45.4 Å². The molecule has 0 saturated heterocycles. The number of benzene rings is 11. The minimum atomic E-state index is 0. The molecule has 1 N–H and O–H groups in total. The van der Waals surface area contributed by atoms with Crippen molar-refractivity contribution in [2.45, 2.75) is 20.5 Å². The van der Waals surface area contributed by atoms with Crippen LogP contribution in [0.3, 0.4) is 0 Å². The molecule has 11 aromatic carbocycles. The number of ether oxygens (including phenoxy) is 1. The fourth-order valence-electron chi connectivity index (χ4n) is 8.71. The van der Waals surface area contributed by atoms with Crippen molar-refractivity contribution in [3.05, 3.63) is 310 Å². The second kappa shape index (κ2) is 27.4. The summed E-state index contributed by atoms with van der Waals surface area (Å²) in [6.45, 7) is 4.53. The summed E-state index contributed by atoms with van der Waals surface area (Å²) in [4.78, 5) is 4.43. The number of aromatic hydroxyl groups is 1. The van der Waals surface area contributed by atoms with E-state index in [-0.39, 0.29) is 33.6 Å². The van der Waals surface area contributed by atoms with Gasteiger partial charge in [0.25, 0.3) is 0 Å². The standard InChI is InChI=1S/C37H29NO.C30H23NO.C2H6.CH3.Pd/c1-4-11-29(12-5-1)28-39-37-18-10-17-36(27-37)38(34-23-19-32(20-24-34)30-13-6-2-7-14-30)35-25-21-33(22-26-35)31-15-8-3-9-16-31;32-30-13-7-12-29(22-30)31(27-18-14-25(15-19-27)23-8-3-1-4-9-23)28-20-16-26(17-21-28)24-10-5-2-6-11-24;1-2;;/h1-27H,28H2;1-22,32H;1-2H3;1H3;/q;;;-1;. The maximum atomic E-state index is 10.1. The van der Waals surface area contributed by atoms with Gasteiger partial charge in [-0.1, -0.05) is 226 Å². The van der Waals surface area contributed by atoms with Gasteiger partial charge in [-0.3, -0.25) is 0 Å². The molecule has 75 heavy (non-hydrogen) atoms. The predicted molar refractivity (Wildman–Crippen MR) is 314 cm³/mol. The molecule has 374 valence electrons. The summed E-state index contributed by atoms with van der Waals surface area (Å²) in [5.41, 5.74) is 16.9. The summed E-state index contributed by atoms with van der Waals surface area (Å²) in [5.74, 6) is 1.08. The Hall–Kier alpha value is -8.72. The SMILES string of the molecule is CC.Oc1cccc(N(c2ccc(-c3ccccc3)cc2)c2ccc(-c3ccccc3)cc2)c1.[CH3-].[Pd].c1ccc(COc2cccc(N(c3ccc(-c4ccccc4)cc3)c3ccc(-c4ccccc4)cc3)c2)cc1.